The summed E-state index contributed by atoms with van der Waals surface area (Å²) in [6.45, 7) is 1.83. The number of carbonyl (C=O) groups is 2. The van der Waals surface area contributed by atoms with Gasteiger partial charge in [0, 0.05) is 45.2 Å². The lowest BCUT2D eigenvalue weighted by Crippen LogP contribution is -2.56. The molecule has 1 fully saturated rings. The van der Waals surface area contributed by atoms with Crippen molar-refractivity contribution >= 4 is 22.8 Å². The van der Waals surface area contributed by atoms with E-state index in [1.54, 1.807) is 30.1 Å². The third-order valence-electron chi connectivity index (χ3n) is 5.69. The summed E-state index contributed by atoms with van der Waals surface area (Å²) in [4.78, 5) is 36.6. The smallest absolute Gasteiger partial charge is 0.237 e. The molecule has 1 aliphatic heterocycles. The lowest BCUT2D eigenvalue weighted by molar-refractivity contribution is -0.138. The van der Waals surface area contributed by atoms with E-state index in [2.05, 4.69) is 15.3 Å². The molecule has 3 aromatic rings. The number of halogens is 1. The van der Waals surface area contributed by atoms with Crippen LogP contribution >= 0.6 is 0 Å². The number of carbonyl (C=O) groups excluding carboxylic acids is 2. The van der Waals surface area contributed by atoms with Gasteiger partial charge in [0.25, 0.3) is 0 Å². The molecule has 4 rings (SSSR count). The van der Waals surface area contributed by atoms with Crippen molar-refractivity contribution in [1.29, 1.82) is 0 Å². The van der Waals surface area contributed by atoms with Crippen molar-refractivity contribution in [3.8, 4) is 0 Å². The largest absolute Gasteiger partial charge is 0.353 e. The van der Waals surface area contributed by atoms with Gasteiger partial charge in [-0.25, -0.2) is 9.37 Å². The van der Waals surface area contributed by atoms with Crippen LogP contribution in [0.4, 0.5) is 4.39 Å². The number of piperazine rings is 1. The van der Waals surface area contributed by atoms with E-state index in [4.69, 9.17) is 0 Å². The molecule has 2 aromatic carbocycles. The maximum atomic E-state index is 14.1. The molecule has 0 saturated carbocycles. The molecule has 0 radical (unpaired) electrons. The van der Waals surface area contributed by atoms with Crippen LogP contribution in [-0.2, 0) is 22.6 Å². The molecule has 2 heterocycles. The number of H-pyrrole nitrogens is 1. The van der Waals surface area contributed by atoms with Gasteiger partial charge in [0.05, 0.1) is 23.5 Å². The summed E-state index contributed by atoms with van der Waals surface area (Å²) in [5, 5.41) is 2.82. The second kappa shape index (κ2) is 9.26. The molecule has 2 amide bonds. The highest BCUT2D eigenvalue weighted by Crippen LogP contribution is 2.17. The Morgan fingerprint density at radius 1 is 1.23 bits per heavy atom. The first-order chi connectivity index (χ1) is 15.0. The lowest BCUT2D eigenvalue weighted by Gasteiger charge is -2.35. The molecular weight excluding hydrogens is 397 g/mol. The Morgan fingerprint density at radius 2 is 2.00 bits per heavy atom. The summed E-state index contributed by atoms with van der Waals surface area (Å²) >= 11 is 0. The molecule has 8 heteroatoms. The minimum atomic E-state index is -0.616. The standard InChI is InChI=1S/C23H26FN5O2/c1-28(12-10-21-26-18-8-4-5-9-19(18)27-21)22(30)14-20-23(31)25-11-13-29(20)15-16-6-2-3-7-17(16)24/h2-9,20H,10-15H2,1H3,(H,25,31)(H,26,27)/t20-/m1/s1. The number of para-hydroxylation sites is 2. The van der Waals surface area contributed by atoms with E-state index in [0.717, 1.165) is 16.9 Å². The molecule has 1 saturated heterocycles. The Hall–Kier alpha value is -3.26. The van der Waals surface area contributed by atoms with Crippen molar-refractivity contribution < 1.29 is 14.0 Å². The van der Waals surface area contributed by atoms with E-state index >= 15 is 0 Å². The minimum Gasteiger partial charge on any atom is -0.353 e. The number of nitrogens with zero attached hydrogens (tertiary/aromatic N) is 3. The number of amides is 2. The van der Waals surface area contributed by atoms with Gasteiger partial charge in [-0.15, -0.1) is 0 Å². The number of imidazole rings is 1. The molecule has 0 bridgehead atoms. The van der Waals surface area contributed by atoms with E-state index in [1.807, 2.05) is 29.2 Å². The third-order valence-corrected chi connectivity index (χ3v) is 5.69. The number of rotatable bonds is 7. The van der Waals surface area contributed by atoms with Crippen LogP contribution in [0.25, 0.3) is 11.0 Å². The summed E-state index contributed by atoms with van der Waals surface area (Å²) in [6, 6.07) is 13.7. The van der Waals surface area contributed by atoms with Gasteiger partial charge in [0.2, 0.25) is 11.8 Å². The van der Waals surface area contributed by atoms with Crippen molar-refractivity contribution in [3.05, 3.63) is 65.7 Å². The molecule has 2 N–H and O–H groups in total. The molecule has 1 aliphatic rings. The number of likely N-dealkylation sites (N-methyl/N-ethyl adjacent to an activating group) is 1. The highest BCUT2D eigenvalue weighted by Gasteiger charge is 2.32. The summed E-state index contributed by atoms with van der Waals surface area (Å²) < 4.78 is 14.1. The fourth-order valence-corrected chi connectivity index (χ4v) is 3.86. The first kappa shape index (κ1) is 21.0. The van der Waals surface area contributed by atoms with E-state index in [-0.39, 0.29) is 24.1 Å². The van der Waals surface area contributed by atoms with Gasteiger partial charge in [-0.3, -0.25) is 14.5 Å². The van der Waals surface area contributed by atoms with Gasteiger partial charge in [-0.05, 0) is 18.2 Å². The van der Waals surface area contributed by atoms with Gasteiger partial charge < -0.3 is 15.2 Å². The van der Waals surface area contributed by atoms with Crippen molar-refractivity contribution in [1.82, 2.24) is 25.1 Å². The average molecular weight is 423 g/mol. The Kier molecular flexibility index (Phi) is 6.27. The van der Waals surface area contributed by atoms with E-state index in [0.29, 0.717) is 38.2 Å². The van der Waals surface area contributed by atoms with E-state index < -0.39 is 6.04 Å². The zero-order chi connectivity index (χ0) is 21.8. The number of hydrogen-bond acceptors (Lipinski definition) is 4. The number of benzene rings is 2. The van der Waals surface area contributed by atoms with Gasteiger partial charge >= 0.3 is 0 Å². The molecular formula is C23H26FN5O2. The molecule has 162 valence electrons. The summed E-state index contributed by atoms with van der Waals surface area (Å²) in [5.41, 5.74) is 2.39. The van der Waals surface area contributed by atoms with Gasteiger partial charge in [0.1, 0.15) is 11.6 Å². The molecule has 1 aromatic heterocycles. The number of hydrogen-bond donors (Lipinski definition) is 2. The van der Waals surface area contributed by atoms with Crippen LogP contribution < -0.4 is 5.32 Å². The highest BCUT2D eigenvalue weighted by atomic mass is 19.1. The monoisotopic (exact) mass is 423 g/mol. The molecule has 1 atom stereocenters. The number of nitrogens with one attached hydrogen (secondary N) is 2. The van der Waals surface area contributed by atoms with Crippen LogP contribution in [0, 0.1) is 5.82 Å². The topological polar surface area (TPSA) is 81.3 Å². The van der Waals surface area contributed by atoms with Crippen LogP contribution in [-0.4, -0.2) is 64.3 Å². The number of aromatic nitrogens is 2. The Bertz CT molecular complexity index is 1050. The SMILES string of the molecule is CN(CCc1nc2ccccc2[nH]1)C(=O)C[C@@H]1C(=O)NCCN1Cc1ccccc1F. The summed E-state index contributed by atoms with van der Waals surface area (Å²) in [5.74, 6) is 0.192. The van der Waals surface area contributed by atoms with Gasteiger partial charge in [-0.2, -0.15) is 0 Å². The quantitative estimate of drug-likeness (QED) is 0.610. The summed E-state index contributed by atoms with van der Waals surface area (Å²) in [6.07, 6.45) is 0.643. The van der Waals surface area contributed by atoms with Gasteiger partial charge in [-0.1, -0.05) is 30.3 Å². The third kappa shape index (κ3) is 4.91. The van der Waals surface area contributed by atoms with Gasteiger partial charge in [0.15, 0.2) is 0 Å². The second-order valence-electron chi connectivity index (χ2n) is 7.84. The van der Waals surface area contributed by atoms with Crippen LogP contribution in [0.5, 0.6) is 0 Å². The van der Waals surface area contributed by atoms with Crippen LogP contribution in [0.2, 0.25) is 0 Å². The van der Waals surface area contributed by atoms with Crippen molar-refractivity contribution in [2.45, 2.75) is 25.4 Å². The summed E-state index contributed by atoms with van der Waals surface area (Å²) in [7, 11) is 1.73. The fraction of sp³-hybridized carbons (Fsp3) is 0.348. The molecule has 0 aliphatic carbocycles. The van der Waals surface area contributed by atoms with Crippen LogP contribution in [0.3, 0.4) is 0 Å². The Labute approximate surface area is 180 Å². The van der Waals surface area contributed by atoms with E-state index in [9.17, 15) is 14.0 Å². The first-order valence-electron chi connectivity index (χ1n) is 10.4. The zero-order valence-corrected chi connectivity index (χ0v) is 17.5. The molecule has 31 heavy (non-hydrogen) atoms. The maximum Gasteiger partial charge on any atom is 0.237 e. The zero-order valence-electron chi connectivity index (χ0n) is 17.5. The van der Waals surface area contributed by atoms with Crippen LogP contribution in [0.15, 0.2) is 48.5 Å². The Morgan fingerprint density at radius 3 is 2.81 bits per heavy atom. The molecule has 7 nitrogen and oxygen atoms in total. The maximum absolute atomic E-state index is 14.1. The van der Waals surface area contributed by atoms with Crippen molar-refractivity contribution in [2.24, 2.45) is 0 Å². The van der Waals surface area contributed by atoms with Crippen molar-refractivity contribution in [2.75, 3.05) is 26.7 Å². The predicted molar refractivity (Wildman–Crippen MR) is 116 cm³/mol. The average Bonchev–Trinajstić information content (AvgIpc) is 3.19. The number of fused-ring (bicyclic) bond motifs is 1. The van der Waals surface area contributed by atoms with Crippen LogP contribution in [0.1, 0.15) is 17.8 Å². The normalized spacial score (nSPS) is 17.0. The molecule has 0 spiro atoms. The minimum absolute atomic E-state index is 0.0525. The lowest BCUT2D eigenvalue weighted by atomic mass is 10.1. The number of aromatic amines is 1. The second-order valence-corrected chi connectivity index (χ2v) is 7.84. The fourth-order valence-electron chi connectivity index (χ4n) is 3.86. The first-order valence-corrected chi connectivity index (χ1v) is 10.4. The van der Waals surface area contributed by atoms with Crippen molar-refractivity contribution in [3.63, 3.8) is 0 Å². The highest BCUT2D eigenvalue weighted by molar-refractivity contribution is 5.88. The Balaban J connectivity index is 1.37. The predicted octanol–water partition coefficient (Wildman–Crippen LogP) is 2.09. The van der Waals surface area contributed by atoms with E-state index in [1.165, 1.54) is 6.07 Å². The molecule has 0 unspecified atom stereocenters.